The van der Waals surface area contributed by atoms with Crippen LogP contribution in [0, 0.1) is 11.3 Å². The van der Waals surface area contributed by atoms with Gasteiger partial charge in [-0.1, -0.05) is 49.6 Å². The Morgan fingerprint density at radius 3 is 2.56 bits per heavy atom. The average molecular weight is 242 g/mol. The SMILES string of the molecule is O=C(CCc1ccccc1)C1CC12CCCCC2. The fourth-order valence-electron chi connectivity index (χ4n) is 3.70. The molecular weight excluding hydrogens is 220 g/mol. The molecule has 18 heavy (non-hydrogen) atoms. The number of hydrogen-bond acceptors (Lipinski definition) is 1. The molecule has 0 heterocycles. The Bertz CT molecular complexity index is 414. The van der Waals surface area contributed by atoms with E-state index in [9.17, 15) is 4.79 Å². The molecule has 1 atom stereocenters. The lowest BCUT2D eigenvalue weighted by molar-refractivity contribution is -0.121. The van der Waals surface area contributed by atoms with Gasteiger partial charge >= 0.3 is 0 Å². The lowest BCUT2D eigenvalue weighted by atomic mass is 9.83. The second-order valence-electron chi connectivity index (χ2n) is 6.13. The monoisotopic (exact) mass is 242 g/mol. The van der Waals surface area contributed by atoms with Crippen LogP contribution in [-0.4, -0.2) is 5.78 Å². The van der Waals surface area contributed by atoms with Gasteiger partial charge in [-0.2, -0.15) is 0 Å². The van der Waals surface area contributed by atoms with Crippen LogP contribution in [0.1, 0.15) is 50.5 Å². The van der Waals surface area contributed by atoms with Crippen LogP contribution >= 0.6 is 0 Å². The molecule has 2 saturated carbocycles. The fourth-order valence-corrected chi connectivity index (χ4v) is 3.70. The topological polar surface area (TPSA) is 17.1 Å². The Balaban J connectivity index is 1.51. The van der Waals surface area contributed by atoms with Gasteiger partial charge in [0.2, 0.25) is 0 Å². The molecule has 1 unspecified atom stereocenters. The molecule has 0 N–H and O–H groups in total. The van der Waals surface area contributed by atoms with Gasteiger partial charge in [0.25, 0.3) is 0 Å². The van der Waals surface area contributed by atoms with Crippen LogP contribution in [0.25, 0.3) is 0 Å². The van der Waals surface area contributed by atoms with E-state index in [4.69, 9.17) is 0 Å². The molecule has 2 fully saturated rings. The Labute approximate surface area is 110 Å². The van der Waals surface area contributed by atoms with Gasteiger partial charge in [0.15, 0.2) is 0 Å². The summed E-state index contributed by atoms with van der Waals surface area (Å²) in [5.41, 5.74) is 1.76. The summed E-state index contributed by atoms with van der Waals surface area (Å²) >= 11 is 0. The van der Waals surface area contributed by atoms with E-state index in [2.05, 4.69) is 24.3 Å². The van der Waals surface area contributed by atoms with Crippen molar-refractivity contribution in [2.24, 2.45) is 11.3 Å². The minimum Gasteiger partial charge on any atom is -0.299 e. The van der Waals surface area contributed by atoms with Crippen molar-refractivity contribution >= 4 is 5.78 Å². The maximum atomic E-state index is 12.3. The first-order valence-electron chi connectivity index (χ1n) is 7.37. The summed E-state index contributed by atoms with van der Waals surface area (Å²) in [6.07, 6.45) is 9.57. The molecule has 96 valence electrons. The lowest BCUT2D eigenvalue weighted by Crippen LogP contribution is -2.15. The van der Waals surface area contributed by atoms with Crippen molar-refractivity contribution in [2.75, 3.05) is 0 Å². The predicted octanol–water partition coefficient (Wildman–Crippen LogP) is 4.16. The number of carbonyl (C=O) groups excluding carboxylic acids is 1. The molecule has 0 aromatic heterocycles. The molecule has 2 aliphatic carbocycles. The summed E-state index contributed by atoms with van der Waals surface area (Å²) in [5, 5.41) is 0. The molecule has 0 amide bonds. The molecule has 0 bridgehead atoms. The molecule has 1 nitrogen and oxygen atoms in total. The molecule has 1 heteroatoms. The molecule has 2 aliphatic rings. The molecule has 1 aromatic carbocycles. The minimum atomic E-state index is 0.418. The van der Waals surface area contributed by atoms with E-state index in [0.717, 1.165) is 12.8 Å². The number of ketones is 1. The van der Waals surface area contributed by atoms with Gasteiger partial charge in [-0.15, -0.1) is 0 Å². The average Bonchev–Trinajstić information content (AvgIpc) is 3.12. The maximum Gasteiger partial charge on any atom is 0.136 e. The summed E-state index contributed by atoms with van der Waals surface area (Å²) in [4.78, 5) is 12.3. The smallest absolute Gasteiger partial charge is 0.136 e. The third-order valence-corrected chi connectivity index (χ3v) is 4.93. The Morgan fingerprint density at radius 2 is 1.83 bits per heavy atom. The van der Waals surface area contributed by atoms with Crippen molar-refractivity contribution < 1.29 is 4.79 Å². The van der Waals surface area contributed by atoms with Crippen LogP contribution < -0.4 is 0 Å². The number of rotatable bonds is 4. The van der Waals surface area contributed by atoms with E-state index in [1.54, 1.807) is 0 Å². The van der Waals surface area contributed by atoms with Crippen molar-refractivity contribution in [1.29, 1.82) is 0 Å². The number of aryl methyl sites for hydroxylation is 1. The van der Waals surface area contributed by atoms with Gasteiger partial charge in [0.05, 0.1) is 0 Å². The van der Waals surface area contributed by atoms with Crippen molar-refractivity contribution in [3.8, 4) is 0 Å². The van der Waals surface area contributed by atoms with Crippen LogP contribution in [0.2, 0.25) is 0 Å². The first-order chi connectivity index (χ1) is 8.80. The highest BCUT2D eigenvalue weighted by Gasteiger charge is 2.56. The fraction of sp³-hybridized carbons (Fsp3) is 0.588. The van der Waals surface area contributed by atoms with Gasteiger partial charge in [0.1, 0.15) is 5.78 Å². The summed E-state index contributed by atoms with van der Waals surface area (Å²) in [7, 11) is 0. The van der Waals surface area contributed by atoms with Crippen molar-refractivity contribution in [2.45, 2.75) is 51.4 Å². The summed E-state index contributed by atoms with van der Waals surface area (Å²) in [5.74, 6) is 0.947. The molecule has 0 radical (unpaired) electrons. The van der Waals surface area contributed by atoms with Crippen LogP contribution in [-0.2, 0) is 11.2 Å². The number of Topliss-reactive ketones (excluding diaryl/α,β-unsaturated/α-hetero) is 1. The molecule has 0 aliphatic heterocycles. The highest BCUT2D eigenvalue weighted by atomic mass is 16.1. The standard InChI is InChI=1S/C17H22O/c18-16(10-9-14-7-3-1-4-8-14)15-13-17(15)11-5-2-6-12-17/h1,3-4,7-8,15H,2,5-6,9-13H2. The van der Waals surface area contributed by atoms with Crippen LogP contribution in [0.3, 0.4) is 0 Å². The normalized spacial score (nSPS) is 25.0. The highest BCUT2D eigenvalue weighted by Crippen LogP contribution is 2.61. The quantitative estimate of drug-likeness (QED) is 0.775. The highest BCUT2D eigenvalue weighted by molar-refractivity contribution is 5.84. The van der Waals surface area contributed by atoms with Crippen molar-refractivity contribution in [1.82, 2.24) is 0 Å². The number of benzene rings is 1. The van der Waals surface area contributed by atoms with E-state index >= 15 is 0 Å². The first-order valence-corrected chi connectivity index (χ1v) is 7.37. The van der Waals surface area contributed by atoms with Crippen LogP contribution in [0.4, 0.5) is 0 Å². The van der Waals surface area contributed by atoms with Gasteiger partial charge in [-0.3, -0.25) is 4.79 Å². The zero-order valence-corrected chi connectivity index (χ0v) is 11.0. The maximum absolute atomic E-state index is 12.3. The second-order valence-corrected chi connectivity index (χ2v) is 6.13. The van der Waals surface area contributed by atoms with Gasteiger partial charge in [-0.25, -0.2) is 0 Å². The lowest BCUT2D eigenvalue weighted by Gasteiger charge is -2.21. The van der Waals surface area contributed by atoms with E-state index in [0.29, 0.717) is 17.1 Å². The van der Waals surface area contributed by atoms with Gasteiger partial charge < -0.3 is 0 Å². The first kappa shape index (κ1) is 12.0. The number of carbonyl (C=O) groups is 1. The van der Waals surface area contributed by atoms with Gasteiger partial charge in [-0.05, 0) is 36.7 Å². The Morgan fingerprint density at radius 1 is 1.11 bits per heavy atom. The van der Waals surface area contributed by atoms with E-state index < -0.39 is 0 Å². The largest absolute Gasteiger partial charge is 0.299 e. The van der Waals surface area contributed by atoms with E-state index in [-0.39, 0.29) is 0 Å². The van der Waals surface area contributed by atoms with Crippen molar-refractivity contribution in [3.05, 3.63) is 35.9 Å². The Hall–Kier alpha value is -1.11. The number of hydrogen-bond donors (Lipinski definition) is 0. The summed E-state index contributed by atoms with van der Waals surface area (Å²) in [6, 6.07) is 10.4. The summed E-state index contributed by atoms with van der Waals surface area (Å²) < 4.78 is 0. The third-order valence-electron chi connectivity index (χ3n) is 4.93. The van der Waals surface area contributed by atoms with Crippen LogP contribution in [0.5, 0.6) is 0 Å². The van der Waals surface area contributed by atoms with E-state index in [1.807, 2.05) is 6.07 Å². The molecule has 1 spiro atoms. The molecule has 3 rings (SSSR count). The summed E-state index contributed by atoms with van der Waals surface area (Å²) in [6.45, 7) is 0. The zero-order valence-electron chi connectivity index (χ0n) is 11.0. The van der Waals surface area contributed by atoms with Crippen LogP contribution in [0.15, 0.2) is 30.3 Å². The van der Waals surface area contributed by atoms with E-state index in [1.165, 1.54) is 44.1 Å². The van der Waals surface area contributed by atoms with Crippen molar-refractivity contribution in [3.63, 3.8) is 0 Å². The minimum absolute atomic E-state index is 0.418. The third kappa shape index (κ3) is 2.36. The molecule has 1 aromatic rings. The predicted molar refractivity (Wildman–Crippen MR) is 73.4 cm³/mol. The zero-order chi connectivity index (χ0) is 12.4. The Kier molecular flexibility index (Phi) is 3.23. The molecular formula is C17H22O. The second kappa shape index (κ2) is 4.87. The molecule has 0 saturated heterocycles. The van der Waals surface area contributed by atoms with Gasteiger partial charge in [0, 0.05) is 12.3 Å².